The van der Waals surface area contributed by atoms with Crippen molar-refractivity contribution in [3.63, 3.8) is 0 Å². The van der Waals surface area contributed by atoms with E-state index in [0.29, 0.717) is 17.9 Å². The molecule has 6 amide bonds. The van der Waals surface area contributed by atoms with Gasteiger partial charge in [-0.25, -0.2) is 9.78 Å². The van der Waals surface area contributed by atoms with Crippen molar-refractivity contribution in [2.45, 2.75) is 105 Å². The number of hydrogen-bond donors (Lipinski definition) is 4. The van der Waals surface area contributed by atoms with Crippen LogP contribution in [0.25, 0.3) is 21.6 Å². The quantitative estimate of drug-likeness (QED) is 0.0972. The summed E-state index contributed by atoms with van der Waals surface area (Å²) in [6.45, 7) is 12.9. The van der Waals surface area contributed by atoms with Crippen LogP contribution in [0, 0.1) is 26.2 Å². The lowest BCUT2D eigenvalue weighted by Crippen LogP contribution is -2.58. The number of aromatic nitrogens is 2. The number of likely N-dealkylation sites (tertiary alicyclic amines) is 1. The monoisotopic (exact) mass is 902 g/mol. The first-order chi connectivity index (χ1) is 30.9. The fourth-order valence-corrected chi connectivity index (χ4v) is 9.62. The molecule has 7 rings (SSSR count). The molecule has 2 aliphatic rings. The van der Waals surface area contributed by atoms with Crippen molar-refractivity contribution < 1.29 is 33.6 Å². The van der Waals surface area contributed by atoms with Crippen LogP contribution in [0.2, 0.25) is 0 Å². The zero-order valence-electron chi connectivity index (χ0n) is 38.2. The summed E-state index contributed by atoms with van der Waals surface area (Å²) in [6, 6.07) is 19.6. The molecular formula is C49H58N8O7S. The number of aliphatic hydroxyl groups is 1. The van der Waals surface area contributed by atoms with Crippen LogP contribution in [0.5, 0.6) is 0 Å². The number of aliphatic hydroxyl groups excluding tert-OH is 1. The van der Waals surface area contributed by atoms with Crippen LogP contribution < -0.4 is 20.9 Å². The molecule has 4 heterocycles. The van der Waals surface area contributed by atoms with E-state index in [1.54, 1.807) is 23.9 Å². The molecule has 0 bridgehead atoms. The maximum Gasteiger partial charge on any atom is 0.325 e. The summed E-state index contributed by atoms with van der Waals surface area (Å²) in [7, 11) is 1.68. The maximum atomic E-state index is 14.3. The molecule has 0 radical (unpaired) electrons. The smallest absolute Gasteiger partial charge is 0.325 e. The van der Waals surface area contributed by atoms with Crippen molar-refractivity contribution in [1.29, 1.82) is 0 Å². The van der Waals surface area contributed by atoms with E-state index in [2.05, 4.69) is 26.1 Å². The molecule has 2 aliphatic heterocycles. The van der Waals surface area contributed by atoms with E-state index in [1.165, 1.54) is 14.7 Å². The van der Waals surface area contributed by atoms with Gasteiger partial charge in [0.2, 0.25) is 23.6 Å². The summed E-state index contributed by atoms with van der Waals surface area (Å²) in [5, 5.41) is 23.6. The van der Waals surface area contributed by atoms with E-state index in [9.17, 15) is 29.1 Å². The van der Waals surface area contributed by atoms with Crippen LogP contribution in [0.4, 0.5) is 10.5 Å². The van der Waals surface area contributed by atoms with Gasteiger partial charge in [-0.3, -0.25) is 24.1 Å². The molecule has 0 saturated carbocycles. The lowest BCUT2D eigenvalue weighted by Gasteiger charge is -2.41. The van der Waals surface area contributed by atoms with Crippen molar-refractivity contribution >= 4 is 46.7 Å². The van der Waals surface area contributed by atoms with Gasteiger partial charge in [-0.05, 0) is 67.0 Å². The summed E-state index contributed by atoms with van der Waals surface area (Å²) in [5.74, 6) is -1.14. The number of thiazole rings is 1. The van der Waals surface area contributed by atoms with E-state index in [-0.39, 0.29) is 38.5 Å². The summed E-state index contributed by atoms with van der Waals surface area (Å²) >= 11 is 1.56. The Labute approximate surface area is 383 Å². The second-order valence-corrected chi connectivity index (χ2v) is 18.9. The molecular weight excluding hydrogens is 845 g/mol. The lowest BCUT2D eigenvalue weighted by molar-refractivity contribution is -0.144. The van der Waals surface area contributed by atoms with Crippen molar-refractivity contribution in [2.24, 2.45) is 5.41 Å². The number of carbonyl (C=O) groups is 5. The summed E-state index contributed by atoms with van der Waals surface area (Å²) in [5.41, 5.74) is 8.72. The minimum atomic E-state index is -1.05. The van der Waals surface area contributed by atoms with Gasteiger partial charge in [0.1, 0.15) is 24.4 Å². The predicted octanol–water partition coefficient (Wildman–Crippen LogP) is 6.45. The number of nitrogens with zero attached hydrogens (tertiary/aromatic N) is 5. The number of anilines is 1. The van der Waals surface area contributed by atoms with Gasteiger partial charge >= 0.3 is 6.03 Å². The Kier molecular flexibility index (Phi) is 13.9. The maximum absolute atomic E-state index is 14.3. The average Bonchev–Trinajstić information content (AvgIpc) is 3.99. The number of nitrogens with one attached hydrogen (secondary N) is 3. The van der Waals surface area contributed by atoms with Gasteiger partial charge < -0.3 is 35.4 Å². The number of β-amino-alcohol motifs (C(OH)–C–C–N with tert-alkyl or cyclic N) is 1. The van der Waals surface area contributed by atoms with Crippen molar-refractivity contribution in [1.82, 2.24) is 35.9 Å². The Bertz CT molecular complexity index is 2530. The van der Waals surface area contributed by atoms with Crippen LogP contribution >= 0.6 is 11.3 Å². The Morgan fingerprint density at radius 3 is 2.28 bits per heavy atom. The summed E-state index contributed by atoms with van der Waals surface area (Å²) in [4.78, 5) is 79.6. The molecule has 16 heteroatoms. The van der Waals surface area contributed by atoms with Crippen LogP contribution in [0.3, 0.4) is 0 Å². The normalized spacial score (nSPS) is 18.3. The van der Waals surface area contributed by atoms with Crippen LogP contribution in [0.1, 0.15) is 86.8 Å². The van der Waals surface area contributed by atoms with Crippen LogP contribution in [0.15, 0.2) is 82.8 Å². The van der Waals surface area contributed by atoms with Gasteiger partial charge in [0, 0.05) is 50.1 Å². The van der Waals surface area contributed by atoms with Crippen LogP contribution in [-0.4, -0.2) is 99.1 Å². The molecule has 4 N–H and O–H groups in total. The standard InChI is InChI=1S/C49H58N8O7S/c1-9-35(52-41(60)26-57-43(32-13-11-10-12-14-32)37-21-34(42-28(2)54-64-30(42)4)19-20-38(37)55(8)48(57)63)22-40(59)53-45(49(5,6)7)47(62)56-25-36(58)23-39(56)46(61)50-24-31-15-17-33(18-16-31)44-29(3)51-27-65-44/h10-21,27,35-36,39,43,45,58H,9,22-26H2,1-8H3,(H,50,61)(H,52,60)(H,53,59)/t35?,36-,39+,43?,45-/m1/s1. The highest BCUT2D eigenvalue weighted by atomic mass is 32.1. The third-order valence-corrected chi connectivity index (χ3v) is 13.3. The molecule has 0 aliphatic carbocycles. The molecule has 2 unspecified atom stereocenters. The predicted molar refractivity (Wildman–Crippen MR) is 249 cm³/mol. The average molecular weight is 903 g/mol. The van der Waals surface area contributed by atoms with Crippen LogP contribution in [-0.2, 0) is 25.7 Å². The third-order valence-electron chi connectivity index (χ3n) is 12.3. The highest BCUT2D eigenvalue weighted by Gasteiger charge is 2.45. The molecule has 3 aromatic carbocycles. The molecule has 1 fully saturated rings. The SMILES string of the molecule is CCC(CC(=O)N[C@H](C(=O)N1C[C@H](O)C[C@H]1C(=O)NCc1ccc(-c2scnc2C)cc1)C(C)(C)C)NC(=O)CN1C(=O)N(C)c2ccc(-c3c(C)noc3C)cc2C1c1ccccc1. The van der Waals surface area contributed by atoms with Gasteiger partial charge in [0.25, 0.3) is 0 Å². The van der Waals surface area contributed by atoms with Gasteiger partial charge in [0.15, 0.2) is 0 Å². The first-order valence-electron chi connectivity index (χ1n) is 22.0. The highest BCUT2D eigenvalue weighted by molar-refractivity contribution is 7.13. The molecule has 0 spiro atoms. The number of rotatable bonds is 14. The fourth-order valence-electron chi connectivity index (χ4n) is 8.81. The van der Waals surface area contributed by atoms with E-state index in [4.69, 9.17) is 4.52 Å². The van der Waals surface area contributed by atoms with E-state index < -0.39 is 59.3 Å². The molecule has 5 aromatic rings. The van der Waals surface area contributed by atoms with E-state index >= 15 is 0 Å². The minimum absolute atomic E-state index is 0.0596. The fraction of sp³-hybridized carbons (Fsp3) is 0.408. The van der Waals surface area contributed by atoms with Crippen molar-refractivity contribution in [2.75, 3.05) is 25.0 Å². The Morgan fingerprint density at radius 2 is 1.65 bits per heavy atom. The second-order valence-electron chi connectivity index (χ2n) is 18.1. The number of carbonyl (C=O) groups excluding carboxylic acids is 5. The first-order valence-corrected chi connectivity index (χ1v) is 22.8. The number of hydrogen-bond acceptors (Lipinski definition) is 10. The topological polar surface area (TPSA) is 190 Å². The molecule has 342 valence electrons. The van der Waals surface area contributed by atoms with E-state index in [1.807, 2.05) is 121 Å². The second kappa shape index (κ2) is 19.4. The summed E-state index contributed by atoms with van der Waals surface area (Å²) in [6.07, 6.45) is -0.612. The van der Waals surface area contributed by atoms with Gasteiger partial charge in [0.05, 0.1) is 39.6 Å². The molecule has 5 atom stereocenters. The lowest BCUT2D eigenvalue weighted by atomic mass is 9.85. The summed E-state index contributed by atoms with van der Waals surface area (Å²) < 4.78 is 5.47. The molecule has 15 nitrogen and oxygen atoms in total. The number of urea groups is 1. The van der Waals surface area contributed by atoms with Gasteiger partial charge in [-0.2, -0.15) is 0 Å². The Balaban J connectivity index is 1.01. The Morgan fingerprint density at radius 1 is 0.938 bits per heavy atom. The minimum Gasteiger partial charge on any atom is -0.391 e. The Hall–Kier alpha value is -6.39. The zero-order chi connectivity index (χ0) is 46.7. The largest absolute Gasteiger partial charge is 0.391 e. The first kappa shape index (κ1) is 46.6. The number of fused-ring (bicyclic) bond motifs is 1. The third kappa shape index (κ3) is 10.1. The van der Waals surface area contributed by atoms with Gasteiger partial charge in [-0.15, -0.1) is 11.3 Å². The number of aryl methyl sites for hydroxylation is 3. The molecule has 2 aromatic heterocycles. The molecule has 65 heavy (non-hydrogen) atoms. The highest BCUT2D eigenvalue weighted by Crippen LogP contribution is 2.43. The van der Waals surface area contributed by atoms with Gasteiger partial charge in [-0.1, -0.05) is 93.5 Å². The molecule has 1 saturated heterocycles. The number of amides is 6. The zero-order valence-corrected chi connectivity index (χ0v) is 39.0. The van der Waals surface area contributed by atoms with E-state index in [0.717, 1.165) is 49.6 Å². The van der Waals surface area contributed by atoms with Crippen molar-refractivity contribution in [3.8, 4) is 21.6 Å². The number of benzene rings is 3. The van der Waals surface area contributed by atoms with Crippen molar-refractivity contribution in [3.05, 3.63) is 112 Å².